The molecule has 120 valence electrons. The molecule has 23 heavy (non-hydrogen) atoms. The normalized spacial score (nSPS) is 10.9. The molecule has 0 spiro atoms. The second-order valence-electron chi connectivity index (χ2n) is 5.91. The molecule has 0 heterocycles. The number of hydrogen-bond donors (Lipinski definition) is 1. The summed E-state index contributed by atoms with van der Waals surface area (Å²) in [5.74, 6) is -0.500. The first-order valence-electron chi connectivity index (χ1n) is 7.15. The number of ether oxygens (including phenoxy) is 2. The van der Waals surface area contributed by atoms with Crippen LogP contribution in [0, 0.1) is 0 Å². The number of esters is 1. The van der Waals surface area contributed by atoms with Gasteiger partial charge in [0.05, 0.1) is 17.5 Å². The third kappa shape index (κ3) is 4.10. The Hall–Kier alpha value is -2.82. The van der Waals surface area contributed by atoms with E-state index in [0.29, 0.717) is 16.6 Å². The molecule has 2 aromatic rings. The molecule has 1 N–H and O–H groups in total. The summed E-state index contributed by atoms with van der Waals surface area (Å²) >= 11 is 0. The molecule has 0 aliphatic rings. The van der Waals surface area contributed by atoms with E-state index in [1.165, 1.54) is 0 Å². The number of benzene rings is 2. The van der Waals surface area contributed by atoms with E-state index in [1.807, 2.05) is 6.07 Å². The summed E-state index contributed by atoms with van der Waals surface area (Å²) in [6.07, 6.45) is 0.535. The molecule has 0 aliphatic carbocycles. The van der Waals surface area contributed by atoms with E-state index in [2.05, 4.69) is 11.9 Å². The lowest BCUT2D eigenvalue weighted by atomic mass is 10.0. The zero-order chi connectivity index (χ0) is 17.0. The van der Waals surface area contributed by atoms with Crippen LogP contribution in [0.1, 0.15) is 31.1 Å². The molecule has 0 aliphatic heterocycles. The molecule has 0 radical (unpaired) electrons. The van der Waals surface area contributed by atoms with Gasteiger partial charge in [0.1, 0.15) is 5.60 Å². The summed E-state index contributed by atoms with van der Waals surface area (Å²) in [5, 5.41) is 4.10. The summed E-state index contributed by atoms with van der Waals surface area (Å²) in [7, 11) is 0. The van der Waals surface area contributed by atoms with Crippen LogP contribution in [0.3, 0.4) is 0 Å². The van der Waals surface area contributed by atoms with Crippen LogP contribution in [0.5, 0.6) is 0 Å². The SMILES string of the molecule is C=COC(=O)c1cccc2c(NC(=O)OC(C)(C)C)cccc12. The molecule has 0 saturated heterocycles. The first kappa shape index (κ1) is 16.5. The Morgan fingerprint density at radius 3 is 2.39 bits per heavy atom. The zero-order valence-corrected chi connectivity index (χ0v) is 13.4. The quantitative estimate of drug-likeness (QED) is 0.670. The van der Waals surface area contributed by atoms with E-state index in [0.717, 1.165) is 11.6 Å². The molecular weight excluding hydrogens is 294 g/mol. The van der Waals surface area contributed by atoms with Crippen molar-refractivity contribution in [1.29, 1.82) is 0 Å². The van der Waals surface area contributed by atoms with Crippen molar-refractivity contribution >= 4 is 28.5 Å². The van der Waals surface area contributed by atoms with Gasteiger partial charge in [-0.1, -0.05) is 30.8 Å². The molecule has 1 amide bonds. The van der Waals surface area contributed by atoms with Crippen molar-refractivity contribution in [1.82, 2.24) is 0 Å². The van der Waals surface area contributed by atoms with Crippen LogP contribution in [0.25, 0.3) is 10.8 Å². The van der Waals surface area contributed by atoms with E-state index in [1.54, 1.807) is 51.1 Å². The molecule has 0 bridgehead atoms. The van der Waals surface area contributed by atoms with Crippen LogP contribution in [0.2, 0.25) is 0 Å². The summed E-state index contributed by atoms with van der Waals surface area (Å²) < 4.78 is 10.1. The summed E-state index contributed by atoms with van der Waals surface area (Å²) in [6, 6.07) is 10.5. The van der Waals surface area contributed by atoms with Gasteiger partial charge in [-0.2, -0.15) is 0 Å². The standard InChI is InChI=1S/C18H19NO4/c1-5-22-16(20)14-10-6-9-13-12(14)8-7-11-15(13)19-17(21)23-18(2,3)4/h5-11H,1H2,2-4H3,(H,19,21). The van der Waals surface area contributed by atoms with Gasteiger partial charge in [-0.15, -0.1) is 0 Å². The van der Waals surface area contributed by atoms with Gasteiger partial charge in [0.2, 0.25) is 0 Å². The van der Waals surface area contributed by atoms with E-state index in [9.17, 15) is 9.59 Å². The molecule has 0 atom stereocenters. The lowest BCUT2D eigenvalue weighted by Crippen LogP contribution is -2.27. The maximum atomic E-state index is 12.0. The lowest BCUT2D eigenvalue weighted by Gasteiger charge is -2.20. The van der Waals surface area contributed by atoms with E-state index >= 15 is 0 Å². The monoisotopic (exact) mass is 313 g/mol. The highest BCUT2D eigenvalue weighted by Gasteiger charge is 2.18. The molecule has 0 aromatic heterocycles. The minimum atomic E-state index is -0.590. The average molecular weight is 313 g/mol. The highest BCUT2D eigenvalue weighted by atomic mass is 16.6. The number of carbonyl (C=O) groups is 2. The van der Waals surface area contributed by atoms with Gasteiger partial charge >= 0.3 is 12.1 Å². The fourth-order valence-electron chi connectivity index (χ4n) is 2.15. The van der Waals surface area contributed by atoms with Gasteiger partial charge in [-0.25, -0.2) is 9.59 Å². The second-order valence-corrected chi connectivity index (χ2v) is 5.91. The molecular formula is C18H19NO4. The number of nitrogens with one attached hydrogen (secondary N) is 1. The van der Waals surface area contributed by atoms with Crippen molar-refractivity contribution in [3.05, 3.63) is 54.8 Å². The minimum absolute atomic E-state index is 0.398. The Morgan fingerprint density at radius 1 is 1.09 bits per heavy atom. The Kier molecular flexibility index (Phi) is 4.69. The zero-order valence-electron chi connectivity index (χ0n) is 13.4. The van der Waals surface area contributed by atoms with Crippen LogP contribution < -0.4 is 5.32 Å². The van der Waals surface area contributed by atoms with Crippen molar-refractivity contribution in [3.8, 4) is 0 Å². The number of fused-ring (bicyclic) bond motifs is 1. The van der Waals surface area contributed by atoms with Gasteiger partial charge in [-0.05, 0) is 38.3 Å². The fourth-order valence-corrected chi connectivity index (χ4v) is 2.15. The Bertz CT molecular complexity index is 759. The Labute approximate surface area is 134 Å². The highest BCUT2D eigenvalue weighted by molar-refractivity contribution is 6.09. The Morgan fingerprint density at radius 2 is 1.74 bits per heavy atom. The topological polar surface area (TPSA) is 64.6 Å². The van der Waals surface area contributed by atoms with Crippen molar-refractivity contribution in [2.45, 2.75) is 26.4 Å². The van der Waals surface area contributed by atoms with Gasteiger partial charge in [-0.3, -0.25) is 5.32 Å². The largest absolute Gasteiger partial charge is 0.444 e. The van der Waals surface area contributed by atoms with Crippen LogP contribution in [-0.2, 0) is 9.47 Å². The molecule has 0 fully saturated rings. The van der Waals surface area contributed by atoms with Crippen LogP contribution in [0.4, 0.5) is 10.5 Å². The molecule has 2 rings (SSSR count). The number of carbonyl (C=O) groups excluding carboxylic acids is 2. The first-order valence-corrected chi connectivity index (χ1v) is 7.15. The number of hydrogen-bond acceptors (Lipinski definition) is 4. The maximum absolute atomic E-state index is 12.0. The van der Waals surface area contributed by atoms with Crippen molar-refractivity contribution < 1.29 is 19.1 Å². The first-order chi connectivity index (χ1) is 10.8. The van der Waals surface area contributed by atoms with E-state index in [4.69, 9.17) is 9.47 Å². The van der Waals surface area contributed by atoms with Crippen molar-refractivity contribution in [2.24, 2.45) is 0 Å². The van der Waals surface area contributed by atoms with Crippen LogP contribution >= 0.6 is 0 Å². The number of amides is 1. The smallest absolute Gasteiger partial charge is 0.412 e. The van der Waals surface area contributed by atoms with Crippen LogP contribution in [0.15, 0.2) is 49.2 Å². The summed E-state index contributed by atoms with van der Waals surface area (Å²) in [6.45, 7) is 8.75. The second kappa shape index (κ2) is 6.52. The van der Waals surface area contributed by atoms with E-state index in [-0.39, 0.29) is 0 Å². The molecule has 2 aromatic carbocycles. The predicted octanol–water partition coefficient (Wildman–Crippen LogP) is 4.49. The fraction of sp³-hybridized carbons (Fsp3) is 0.222. The number of anilines is 1. The van der Waals surface area contributed by atoms with Crippen LogP contribution in [-0.4, -0.2) is 17.7 Å². The Balaban J connectivity index is 2.39. The molecule has 5 heteroatoms. The highest BCUT2D eigenvalue weighted by Crippen LogP contribution is 2.27. The molecule has 5 nitrogen and oxygen atoms in total. The van der Waals surface area contributed by atoms with E-state index < -0.39 is 17.7 Å². The third-order valence-electron chi connectivity index (χ3n) is 2.97. The minimum Gasteiger partial charge on any atom is -0.444 e. The third-order valence-corrected chi connectivity index (χ3v) is 2.97. The lowest BCUT2D eigenvalue weighted by molar-refractivity contribution is 0.0633. The average Bonchev–Trinajstić information content (AvgIpc) is 2.45. The molecule has 0 unspecified atom stereocenters. The summed E-state index contributed by atoms with van der Waals surface area (Å²) in [4.78, 5) is 23.9. The van der Waals surface area contributed by atoms with Crippen molar-refractivity contribution in [2.75, 3.05) is 5.32 Å². The van der Waals surface area contributed by atoms with Gasteiger partial charge in [0.15, 0.2) is 0 Å². The number of rotatable bonds is 3. The van der Waals surface area contributed by atoms with Crippen molar-refractivity contribution in [3.63, 3.8) is 0 Å². The van der Waals surface area contributed by atoms with Gasteiger partial charge < -0.3 is 9.47 Å². The maximum Gasteiger partial charge on any atom is 0.412 e. The van der Waals surface area contributed by atoms with Gasteiger partial charge in [0.25, 0.3) is 0 Å². The summed E-state index contributed by atoms with van der Waals surface area (Å²) in [5.41, 5.74) is 0.369. The van der Waals surface area contributed by atoms with Gasteiger partial charge in [0, 0.05) is 5.39 Å². The molecule has 0 saturated carbocycles. The predicted molar refractivity (Wildman–Crippen MR) is 89.4 cm³/mol.